The molecule has 0 saturated carbocycles. The number of rotatable bonds is 10. The maximum atomic E-state index is 13.8. The quantitative estimate of drug-likeness (QED) is 0.258. The smallest absolute Gasteiger partial charge is 0.339 e. The summed E-state index contributed by atoms with van der Waals surface area (Å²) in [6, 6.07) is 11.6. The topological polar surface area (TPSA) is 133 Å². The molecular weight excluding hydrogens is 548 g/mol. The Balaban J connectivity index is 1.61. The summed E-state index contributed by atoms with van der Waals surface area (Å²) in [4.78, 5) is 32.6. The standard InChI is InChI=1S/C26H26F3N6O4P/c1-4-38-40(37,39-5-2)15-16-6-9-18(10-7-16)32-25-31-13-20(26(27,28)29)23(34-25)33-21-11-8-17(12-30)19-14-35(3)24(36)22(19)21/h6-11,13,37H,4-5,14-15H2,1-3H3,(H-,31,32,33,34,36)/p+1. The van der Waals surface area contributed by atoms with Gasteiger partial charge in [-0.1, -0.05) is 12.1 Å². The molecule has 0 aliphatic carbocycles. The molecule has 1 aliphatic rings. The largest absolute Gasteiger partial charge is 0.421 e. The van der Waals surface area contributed by atoms with Crippen molar-refractivity contribution >= 4 is 37.0 Å². The highest BCUT2D eigenvalue weighted by molar-refractivity contribution is 7.59. The Labute approximate surface area is 229 Å². The van der Waals surface area contributed by atoms with Crippen molar-refractivity contribution in [3.63, 3.8) is 0 Å². The average Bonchev–Trinajstić information content (AvgIpc) is 3.19. The summed E-state index contributed by atoms with van der Waals surface area (Å²) in [7, 11) is -1.51. The van der Waals surface area contributed by atoms with Crippen LogP contribution in [-0.2, 0) is 27.9 Å². The van der Waals surface area contributed by atoms with E-state index < -0.39 is 31.4 Å². The number of hydrogen-bond acceptors (Lipinski definition) is 9. The van der Waals surface area contributed by atoms with E-state index in [2.05, 4.69) is 20.6 Å². The summed E-state index contributed by atoms with van der Waals surface area (Å²) in [5, 5.41) is 14.9. The van der Waals surface area contributed by atoms with Crippen LogP contribution in [0.15, 0.2) is 42.6 Å². The molecule has 210 valence electrons. The van der Waals surface area contributed by atoms with E-state index in [0.717, 1.165) is 5.56 Å². The van der Waals surface area contributed by atoms with E-state index in [0.29, 0.717) is 30.7 Å². The van der Waals surface area contributed by atoms with Crippen LogP contribution in [0, 0.1) is 11.3 Å². The van der Waals surface area contributed by atoms with E-state index in [4.69, 9.17) is 9.05 Å². The molecular formula is C26H27F3N6O4P+. The summed E-state index contributed by atoms with van der Waals surface area (Å²) in [6.07, 6.45) is -3.96. The molecule has 0 fully saturated rings. The van der Waals surface area contributed by atoms with Gasteiger partial charge in [0.2, 0.25) is 5.95 Å². The lowest BCUT2D eigenvalue weighted by molar-refractivity contribution is -0.137. The molecule has 4 rings (SSSR count). The van der Waals surface area contributed by atoms with Crippen LogP contribution >= 0.6 is 7.94 Å². The molecule has 10 nitrogen and oxygen atoms in total. The number of anilines is 4. The van der Waals surface area contributed by atoms with Gasteiger partial charge >= 0.3 is 14.1 Å². The third-order valence-electron chi connectivity index (χ3n) is 5.99. The maximum Gasteiger partial charge on any atom is 0.421 e. The number of nitrogens with one attached hydrogen (secondary N) is 2. The molecule has 3 N–H and O–H groups in total. The van der Waals surface area contributed by atoms with Crippen LogP contribution in [0.2, 0.25) is 0 Å². The summed E-state index contributed by atoms with van der Waals surface area (Å²) in [6.45, 7) is 4.27. The SMILES string of the molecule is CCO[P+](O)(Cc1ccc(Nc2ncc(C(F)(F)F)c(Nc3ccc(C#N)c4c3C(=O)N(C)C4)n2)cc1)OCC. The van der Waals surface area contributed by atoms with Gasteiger partial charge in [0.1, 0.15) is 11.4 Å². The van der Waals surface area contributed by atoms with E-state index in [1.54, 1.807) is 45.2 Å². The molecule has 1 aromatic heterocycles. The first-order chi connectivity index (χ1) is 19.0. The van der Waals surface area contributed by atoms with Crippen LogP contribution in [0.3, 0.4) is 0 Å². The first-order valence-corrected chi connectivity index (χ1v) is 14.0. The van der Waals surface area contributed by atoms with Crippen LogP contribution in [0.25, 0.3) is 0 Å². The maximum absolute atomic E-state index is 13.8. The van der Waals surface area contributed by atoms with Gasteiger partial charge in [-0.15, -0.1) is 0 Å². The van der Waals surface area contributed by atoms with Gasteiger partial charge in [-0.25, -0.2) is 4.98 Å². The lowest BCUT2D eigenvalue weighted by Crippen LogP contribution is -2.18. The normalized spacial score (nSPS) is 13.2. The van der Waals surface area contributed by atoms with Gasteiger partial charge < -0.3 is 15.5 Å². The Morgan fingerprint density at radius 1 is 1.12 bits per heavy atom. The Morgan fingerprint density at radius 2 is 1.80 bits per heavy atom. The second-order valence-electron chi connectivity index (χ2n) is 8.82. The number of nitrogens with zero attached hydrogens (tertiary/aromatic N) is 4. The van der Waals surface area contributed by atoms with E-state index >= 15 is 0 Å². The molecule has 2 aromatic carbocycles. The number of fused-ring (bicyclic) bond motifs is 1. The Morgan fingerprint density at radius 3 is 2.40 bits per heavy atom. The Kier molecular flexibility index (Phi) is 8.56. The lowest BCUT2D eigenvalue weighted by atomic mass is 10.0. The summed E-state index contributed by atoms with van der Waals surface area (Å²) in [5.41, 5.74) is 1.03. The first kappa shape index (κ1) is 29.2. The average molecular weight is 576 g/mol. The van der Waals surface area contributed by atoms with Crippen LogP contribution in [-0.4, -0.2) is 45.9 Å². The third kappa shape index (κ3) is 6.32. The van der Waals surface area contributed by atoms with Crippen molar-refractivity contribution in [2.24, 2.45) is 0 Å². The summed E-state index contributed by atoms with van der Waals surface area (Å²) >= 11 is 0. The molecule has 40 heavy (non-hydrogen) atoms. The molecule has 1 amide bonds. The zero-order chi connectivity index (χ0) is 29.1. The van der Waals surface area contributed by atoms with E-state index in [9.17, 15) is 28.1 Å². The number of carbonyl (C=O) groups excluding carboxylic acids is 1. The predicted octanol–water partition coefficient (Wildman–Crippen LogP) is 5.77. The fraction of sp³-hybridized carbons (Fsp3) is 0.308. The highest BCUT2D eigenvalue weighted by Gasteiger charge is 2.40. The van der Waals surface area contributed by atoms with Crippen LogP contribution < -0.4 is 10.6 Å². The number of aromatic nitrogens is 2. The molecule has 2 heterocycles. The van der Waals surface area contributed by atoms with Gasteiger partial charge in [0.15, 0.2) is 6.16 Å². The number of alkyl halides is 3. The number of carbonyl (C=O) groups is 1. The fourth-order valence-corrected chi connectivity index (χ4v) is 5.96. The number of amides is 1. The highest BCUT2D eigenvalue weighted by atomic mass is 31.2. The molecule has 3 aromatic rings. The zero-order valence-corrected chi connectivity index (χ0v) is 22.8. The van der Waals surface area contributed by atoms with Gasteiger partial charge in [-0.2, -0.15) is 37.4 Å². The van der Waals surface area contributed by atoms with E-state index in [-0.39, 0.29) is 35.5 Å². The Bertz CT molecular complexity index is 1440. The zero-order valence-electron chi connectivity index (χ0n) is 21.9. The molecule has 0 atom stereocenters. The van der Waals surface area contributed by atoms with E-state index in [1.807, 2.05) is 6.07 Å². The van der Waals surface area contributed by atoms with Gasteiger partial charge in [0.05, 0.1) is 36.1 Å². The molecule has 0 radical (unpaired) electrons. The van der Waals surface area contributed by atoms with Crippen LogP contribution in [0.4, 0.5) is 36.3 Å². The second-order valence-corrected chi connectivity index (χ2v) is 10.9. The molecule has 0 spiro atoms. The Hall–Kier alpha value is -3.82. The molecule has 0 bridgehead atoms. The van der Waals surface area contributed by atoms with Crippen molar-refractivity contribution < 1.29 is 31.9 Å². The minimum Gasteiger partial charge on any atom is -0.339 e. The number of hydrogen-bond donors (Lipinski definition) is 3. The molecule has 1 aliphatic heterocycles. The monoisotopic (exact) mass is 575 g/mol. The van der Waals surface area contributed by atoms with Crippen LogP contribution in [0.5, 0.6) is 0 Å². The van der Waals surface area contributed by atoms with Gasteiger partial charge in [0, 0.05) is 31.0 Å². The van der Waals surface area contributed by atoms with Crippen molar-refractivity contribution in [3.05, 3.63) is 70.4 Å². The molecule has 0 unspecified atom stereocenters. The van der Waals surface area contributed by atoms with Crippen molar-refractivity contribution in [3.8, 4) is 6.07 Å². The summed E-state index contributed by atoms with van der Waals surface area (Å²) < 4.78 is 52.3. The van der Waals surface area contributed by atoms with Crippen LogP contribution in [0.1, 0.15) is 46.5 Å². The van der Waals surface area contributed by atoms with Crippen molar-refractivity contribution in [2.75, 3.05) is 30.9 Å². The highest BCUT2D eigenvalue weighted by Crippen LogP contribution is 2.59. The fourth-order valence-electron chi connectivity index (χ4n) is 4.22. The predicted molar refractivity (Wildman–Crippen MR) is 143 cm³/mol. The third-order valence-corrected chi connectivity index (χ3v) is 8.08. The summed E-state index contributed by atoms with van der Waals surface area (Å²) in [5.74, 6) is -1.09. The van der Waals surface area contributed by atoms with E-state index in [1.165, 1.54) is 17.0 Å². The van der Waals surface area contributed by atoms with Gasteiger partial charge in [-0.3, -0.25) is 4.79 Å². The molecule has 0 saturated heterocycles. The van der Waals surface area contributed by atoms with Crippen molar-refractivity contribution in [2.45, 2.75) is 32.7 Å². The molecule has 14 heteroatoms. The van der Waals surface area contributed by atoms with Crippen molar-refractivity contribution in [1.29, 1.82) is 5.26 Å². The number of halogens is 3. The van der Waals surface area contributed by atoms with Crippen molar-refractivity contribution in [1.82, 2.24) is 14.9 Å². The lowest BCUT2D eigenvalue weighted by Gasteiger charge is -2.17. The number of benzene rings is 2. The van der Waals surface area contributed by atoms with Gasteiger partial charge in [-0.05, 0) is 43.7 Å². The van der Waals surface area contributed by atoms with Gasteiger partial charge in [0.25, 0.3) is 5.91 Å². The minimum atomic E-state index is -4.78. The second kappa shape index (κ2) is 11.7. The minimum absolute atomic E-state index is 0.0993. The number of nitriles is 1. The first-order valence-electron chi connectivity index (χ1n) is 12.3.